The predicted molar refractivity (Wildman–Crippen MR) is 84.7 cm³/mol. The summed E-state index contributed by atoms with van der Waals surface area (Å²) in [5.41, 5.74) is 0.187. The van der Waals surface area contributed by atoms with Crippen molar-refractivity contribution < 1.29 is 13.2 Å². The van der Waals surface area contributed by atoms with Crippen LogP contribution in [0.4, 0.5) is 0 Å². The van der Waals surface area contributed by atoms with Crippen LogP contribution in [0.5, 0.6) is 0 Å². The molecule has 0 aromatic heterocycles. The first-order valence-corrected chi connectivity index (χ1v) is 9.70. The van der Waals surface area contributed by atoms with Gasteiger partial charge in [-0.05, 0) is 32.7 Å². The largest absolute Gasteiger partial charge is 0.377 e. The van der Waals surface area contributed by atoms with Crippen LogP contribution in [0.25, 0.3) is 0 Å². The van der Waals surface area contributed by atoms with Crippen molar-refractivity contribution in [1.29, 1.82) is 0 Å². The summed E-state index contributed by atoms with van der Waals surface area (Å²) in [4.78, 5) is 0. The Bertz CT molecular complexity index is 450. The lowest BCUT2D eigenvalue weighted by molar-refractivity contribution is -0.192. The number of nitrogens with zero attached hydrogens (tertiary/aromatic N) is 1. The zero-order valence-electron chi connectivity index (χ0n) is 13.8. The van der Waals surface area contributed by atoms with Crippen LogP contribution in [0.2, 0.25) is 0 Å². The maximum atomic E-state index is 11.7. The van der Waals surface area contributed by atoms with Crippen molar-refractivity contribution in [2.75, 3.05) is 32.5 Å². The lowest BCUT2D eigenvalue weighted by atomic mass is 9.55. The Morgan fingerprint density at radius 1 is 1.38 bits per heavy atom. The summed E-state index contributed by atoms with van der Waals surface area (Å²) < 4.78 is 30.7. The second-order valence-electron chi connectivity index (χ2n) is 6.93. The number of hydrogen-bond donors (Lipinski definition) is 1. The molecule has 0 amide bonds. The summed E-state index contributed by atoms with van der Waals surface area (Å²) in [5, 5.41) is 3.63. The Labute approximate surface area is 129 Å². The molecule has 0 aromatic rings. The van der Waals surface area contributed by atoms with Crippen LogP contribution in [0.15, 0.2) is 0 Å². The second-order valence-corrected chi connectivity index (χ2v) is 9.29. The van der Waals surface area contributed by atoms with E-state index in [9.17, 15) is 8.42 Å². The Kier molecular flexibility index (Phi) is 5.34. The third-order valence-electron chi connectivity index (χ3n) is 5.18. The third kappa shape index (κ3) is 3.44. The van der Waals surface area contributed by atoms with Gasteiger partial charge >= 0.3 is 0 Å². The molecule has 3 atom stereocenters. The molecule has 2 rings (SSSR count). The molecular weight excluding hydrogens is 288 g/mol. The Hall–Kier alpha value is -0.170. The molecule has 0 aromatic carbocycles. The molecule has 0 radical (unpaired) electrons. The minimum Gasteiger partial charge on any atom is -0.377 e. The quantitative estimate of drug-likeness (QED) is 0.722. The number of fused-ring (bicyclic) bond motifs is 1. The molecule has 2 fully saturated rings. The zero-order chi connectivity index (χ0) is 15.7. The summed E-state index contributed by atoms with van der Waals surface area (Å²) in [6, 6.07) is 0.496. The van der Waals surface area contributed by atoms with E-state index in [0.717, 1.165) is 26.0 Å². The first-order valence-electron chi connectivity index (χ1n) is 8.09. The fourth-order valence-electron chi connectivity index (χ4n) is 3.86. The van der Waals surface area contributed by atoms with Crippen molar-refractivity contribution in [2.24, 2.45) is 11.3 Å². The number of rotatable bonds is 7. The van der Waals surface area contributed by atoms with Gasteiger partial charge in [0.05, 0.1) is 11.9 Å². The number of sulfonamides is 1. The van der Waals surface area contributed by atoms with Crippen LogP contribution in [0.1, 0.15) is 40.0 Å². The van der Waals surface area contributed by atoms with Gasteiger partial charge in [-0.15, -0.1) is 0 Å². The maximum Gasteiger partial charge on any atom is 0.213 e. The summed E-state index contributed by atoms with van der Waals surface area (Å²) in [7, 11) is -1.38. The van der Waals surface area contributed by atoms with Gasteiger partial charge < -0.3 is 10.1 Å². The highest BCUT2D eigenvalue weighted by Gasteiger charge is 2.57. The van der Waals surface area contributed by atoms with Gasteiger partial charge in [-0.2, -0.15) is 0 Å². The number of hydrogen-bond acceptors (Lipinski definition) is 4. The molecule has 1 aliphatic carbocycles. The molecular formula is C15H30N2O3S. The van der Waals surface area contributed by atoms with Crippen molar-refractivity contribution in [1.82, 2.24) is 9.62 Å². The molecule has 6 heteroatoms. The normalized spacial score (nSPS) is 31.8. The first-order chi connectivity index (χ1) is 9.80. The molecule has 3 unspecified atom stereocenters. The van der Waals surface area contributed by atoms with Gasteiger partial charge in [0.2, 0.25) is 10.0 Å². The fraction of sp³-hybridized carbons (Fsp3) is 1.00. The molecule has 1 N–H and O–H groups in total. The van der Waals surface area contributed by atoms with E-state index in [1.807, 2.05) is 0 Å². The molecule has 1 saturated carbocycles. The monoisotopic (exact) mass is 318 g/mol. The van der Waals surface area contributed by atoms with Crippen LogP contribution in [0.3, 0.4) is 0 Å². The van der Waals surface area contributed by atoms with E-state index in [4.69, 9.17) is 4.74 Å². The number of ether oxygens (including phenoxy) is 1. The molecule has 1 heterocycles. The zero-order valence-corrected chi connectivity index (χ0v) is 14.6. The van der Waals surface area contributed by atoms with Crippen molar-refractivity contribution in [3.05, 3.63) is 0 Å². The van der Waals surface area contributed by atoms with Crippen molar-refractivity contribution in [3.8, 4) is 0 Å². The van der Waals surface area contributed by atoms with Crippen molar-refractivity contribution in [3.63, 3.8) is 0 Å². The lowest BCUT2D eigenvalue weighted by Crippen LogP contribution is -2.69. The fourth-order valence-corrected chi connectivity index (χ4v) is 4.70. The van der Waals surface area contributed by atoms with Gasteiger partial charge in [0.25, 0.3) is 0 Å². The van der Waals surface area contributed by atoms with E-state index in [1.54, 1.807) is 14.0 Å². The van der Waals surface area contributed by atoms with Crippen LogP contribution in [-0.2, 0) is 14.8 Å². The standard InChI is InChI=1S/C15H30N2O3S/c1-5-21(18,19)17(4)10-7-9-16-13-12-8-6-11-20-14(12)15(13,2)3/h12-14,16H,5-11H2,1-4H3. The average Bonchev–Trinajstić information content (AvgIpc) is 2.46. The second kappa shape index (κ2) is 6.52. The van der Waals surface area contributed by atoms with Gasteiger partial charge in [-0.25, -0.2) is 12.7 Å². The van der Waals surface area contributed by atoms with Gasteiger partial charge in [-0.3, -0.25) is 0 Å². The van der Waals surface area contributed by atoms with E-state index >= 15 is 0 Å². The van der Waals surface area contributed by atoms with Gasteiger partial charge in [0, 0.05) is 37.6 Å². The third-order valence-corrected chi connectivity index (χ3v) is 7.05. The lowest BCUT2D eigenvalue weighted by Gasteiger charge is -2.60. The molecule has 0 spiro atoms. The topological polar surface area (TPSA) is 58.6 Å². The highest BCUT2D eigenvalue weighted by molar-refractivity contribution is 7.89. The van der Waals surface area contributed by atoms with Gasteiger partial charge in [0.1, 0.15) is 0 Å². The van der Waals surface area contributed by atoms with E-state index in [0.29, 0.717) is 24.6 Å². The first kappa shape index (κ1) is 17.2. The molecule has 0 bridgehead atoms. The molecule has 1 aliphatic heterocycles. The predicted octanol–water partition coefficient (Wildman–Crippen LogP) is 1.45. The summed E-state index contributed by atoms with van der Waals surface area (Å²) in [6.45, 7) is 8.57. The van der Waals surface area contributed by atoms with E-state index in [1.165, 1.54) is 10.7 Å². The van der Waals surface area contributed by atoms with E-state index in [-0.39, 0.29) is 11.2 Å². The highest BCUT2D eigenvalue weighted by atomic mass is 32.2. The molecule has 1 saturated heterocycles. The van der Waals surface area contributed by atoms with Crippen LogP contribution in [0, 0.1) is 11.3 Å². The molecule has 124 valence electrons. The maximum absolute atomic E-state index is 11.7. The van der Waals surface area contributed by atoms with E-state index < -0.39 is 10.0 Å². The summed E-state index contributed by atoms with van der Waals surface area (Å²) in [6.07, 6.45) is 3.65. The minimum atomic E-state index is -3.05. The molecule has 5 nitrogen and oxygen atoms in total. The molecule has 2 aliphatic rings. The van der Waals surface area contributed by atoms with Crippen LogP contribution < -0.4 is 5.32 Å². The Morgan fingerprint density at radius 3 is 2.76 bits per heavy atom. The molecule has 21 heavy (non-hydrogen) atoms. The number of nitrogens with one attached hydrogen (secondary N) is 1. The summed E-state index contributed by atoms with van der Waals surface area (Å²) >= 11 is 0. The van der Waals surface area contributed by atoms with Crippen LogP contribution in [-0.4, -0.2) is 57.4 Å². The van der Waals surface area contributed by atoms with Crippen molar-refractivity contribution >= 4 is 10.0 Å². The SMILES string of the molecule is CCS(=O)(=O)N(C)CCCNC1C2CCCOC2C1(C)C. The highest BCUT2D eigenvalue weighted by Crippen LogP contribution is 2.51. The van der Waals surface area contributed by atoms with Crippen molar-refractivity contribution in [2.45, 2.75) is 52.2 Å². The van der Waals surface area contributed by atoms with Gasteiger partial charge in [-0.1, -0.05) is 13.8 Å². The minimum absolute atomic E-state index is 0.174. The Morgan fingerprint density at radius 2 is 2.10 bits per heavy atom. The van der Waals surface area contributed by atoms with Gasteiger partial charge in [0.15, 0.2) is 0 Å². The Balaban J connectivity index is 1.74. The van der Waals surface area contributed by atoms with Crippen LogP contribution >= 0.6 is 0 Å². The average molecular weight is 318 g/mol. The van der Waals surface area contributed by atoms with E-state index in [2.05, 4.69) is 19.2 Å². The summed E-state index contributed by atoms with van der Waals surface area (Å²) in [5.74, 6) is 0.805. The smallest absolute Gasteiger partial charge is 0.213 e.